The van der Waals surface area contributed by atoms with Crippen molar-refractivity contribution in [2.24, 2.45) is 5.92 Å². The molecule has 0 bridgehead atoms. The SMILES string of the molecule is O=C(NCCc1cccs1)N1CCCC(C2OCCO2)C1. The molecule has 116 valence electrons. The lowest BCUT2D eigenvalue weighted by Crippen LogP contribution is -2.48. The average molecular weight is 310 g/mol. The fourth-order valence-corrected chi connectivity index (χ4v) is 3.63. The van der Waals surface area contributed by atoms with Gasteiger partial charge in [0, 0.05) is 30.4 Å². The van der Waals surface area contributed by atoms with Crippen LogP contribution in [0.3, 0.4) is 0 Å². The van der Waals surface area contributed by atoms with Crippen molar-refractivity contribution >= 4 is 17.4 Å². The summed E-state index contributed by atoms with van der Waals surface area (Å²) >= 11 is 1.73. The molecule has 1 aromatic heterocycles. The first-order chi connectivity index (χ1) is 10.3. The van der Waals surface area contributed by atoms with Gasteiger partial charge in [-0.05, 0) is 30.7 Å². The summed E-state index contributed by atoms with van der Waals surface area (Å²) in [6.45, 7) is 3.60. The van der Waals surface area contributed by atoms with E-state index in [0.717, 1.165) is 32.4 Å². The van der Waals surface area contributed by atoms with Crippen molar-refractivity contribution in [2.45, 2.75) is 25.6 Å². The monoisotopic (exact) mass is 310 g/mol. The van der Waals surface area contributed by atoms with E-state index in [1.54, 1.807) is 11.3 Å². The second kappa shape index (κ2) is 7.24. The van der Waals surface area contributed by atoms with E-state index in [1.165, 1.54) is 4.88 Å². The maximum absolute atomic E-state index is 12.2. The van der Waals surface area contributed by atoms with Gasteiger partial charge in [0.05, 0.1) is 13.2 Å². The van der Waals surface area contributed by atoms with Crippen LogP contribution in [0.25, 0.3) is 0 Å². The Kier molecular flexibility index (Phi) is 5.11. The van der Waals surface area contributed by atoms with E-state index in [9.17, 15) is 4.79 Å². The summed E-state index contributed by atoms with van der Waals surface area (Å²) in [6, 6.07) is 4.18. The molecule has 2 aliphatic rings. The molecule has 21 heavy (non-hydrogen) atoms. The van der Waals surface area contributed by atoms with Gasteiger partial charge in [-0.15, -0.1) is 11.3 Å². The number of carbonyl (C=O) groups excluding carboxylic acids is 1. The van der Waals surface area contributed by atoms with Gasteiger partial charge in [-0.2, -0.15) is 0 Å². The molecule has 0 spiro atoms. The number of thiophene rings is 1. The first-order valence-corrected chi connectivity index (χ1v) is 8.49. The Balaban J connectivity index is 1.43. The second-order valence-corrected chi connectivity index (χ2v) is 6.55. The Morgan fingerprint density at radius 2 is 2.29 bits per heavy atom. The van der Waals surface area contributed by atoms with Crippen molar-refractivity contribution in [1.82, 2.24) is 10.2 Å². The molecule has 3 rings (SSSR count). The van der Waals surface area contributed by atoms with E-state index < -0.39 is 0 Å². The largest absolute Gasteiger partial charge is 0.350 e. The lowest BCUT2D eigenvalue weighted by Gasteiger charge is -2.34. The number of ether oxygens (including phenoxy) is 2. The van der Waals surface area contributed by atoms with Crippen molar-refractivity contribution in [1.29, 1.82) is 0 Å². The van der Waals surface area contributed by atoms with Crippen LogP contribution >= 0.6 is 11.3 Å². The Hall–Kier alpha value is -1.11. The van der Waals surface area contributed by atoms with Crippen LogP contribution < -0.4 is 5.32 Å². The molecule has 5 nitrogen and oxygen atoms in total. The van der Waals surface area contributed by atoms with Gasteiger partial charge in [0.2, 0.25) is 0 Å². The van der Waals surface area contributed by atoms with E-state index in [2.05, 4.69) is 16.8 Å². The van der Waals surface area contributed by atoms with Crippen LogP contribution in [0.1, 0.15) is 17.7 Å². The number of nitrogens with one attached hydrogen (secondary N) is 1. The predicted molar refractivity (Wildman–Crippen MR) is 81.4 cm³/mol. The molecule has 1 unspecified atom stereocenters. The summed E-state index contributed by atoms with van der Waals surface area (Å²) in [5, 5.41) is 5.08. The zero-order chi connectivity index (χ0) is 14.5. The van der Waals surface area contributed by atoms with Crippen molar-refractivity contribution in [2.75, 3.05) is 32.8 Å². The number of nitrogens with zero attached hydrogens (tertiary/aromatic N) is 1. The number of hydrogen-bond acceptors (Lipinski definition) is 4. The molecule has 2 saturated heterocycles. The lowest BCUT2D eigenvalue weighted by atomic mass is 9.98. The maximum Gasteiger partial charge on any atom is 0.317 e. The molecule has 2 aliphatic heterocycles. The Morgan fingerprint density at radius 3 is 3.05 bits per heavy atom. The summed E-state index contributed by atoms with van der Waals surface area (Å²) in [4.78, 5) is 15.4. The standard InChI is InChI=1S/C15H22N2O3S/c18-15(16-6-5-13-4-2-10-21-13)17-7-1-3-12(11-17)14-19-8-9-20-14/h2,4,10,12,14H,1,3,5-9,11H2,(H,16,18). The highest BCUT2D eigenvalue weighted by molar-refractivity contribution is 7.09. The van der Waals surface area contributed by atoms with E-state index in [4.69, 9.17) is 9.47 Å². The van der Waals surface area contributed by atoms with Gasteiger partial charge < -0.3 is 19.7 Å². The van der Waals surface area contributed by atoms with Crippen LogP contribution in [-0.4, -0.2) is 50.1 Å². The third-order valence-corrected chi connectivity index (χ3v) is 4.94. The van der Waals surface area contributed by atoms with Gasteiger partial charge in [-0.1, -0.05) is 6.07 Å². The number of rotatable bonds is 4. The third kappa shape index (κ3) is 3.96. The fourth-order valence-electron chi connectivity index (χ4n) is 2.92. The first-order valence-electron chi connectivity index (χ1n) is 7.61. The van der Waals surface area contributed by atoms with Gasteiger partial charge in [0.25, 0.3) is 0 Å². The average Bonchev–Trinajstić information content (AvgIpc) is 3.21. The molecule has 2 amide bonds. The number of amides is 2. The molecule has 2 fully saturated rings. The minimum absolute atomic E-state index is 0.0363. The van der Waals surface area contributed by atoms with Gasteiger partial charge in [-0.25, -0.2) is 4.79 Å². The molecule has 0 saturated carbocycles. The van der Waals surface area contributed by atoms with Crippen LogP contribution in [0.5, 0.6) is 0 Å². The van der Waals surface area contributed by atoms with Crippen molar-refractivity contribution in [3.63, 3.8) is 0 Å². The van der Waals surface area contributed by atoms with Crippen LogP contribution in [0.4, 0.5) is 4.79 Å². The van der Waals surface area contributed by atoms with E-state index in [0.29, 0.717) is 25.7 Å². The molecule has 0 aromatic carbocycles. The van der Waals surface area contributed by atoms with Crippen LogP contribution in [-0.2, 0) is 15.9 Å². The molecule has 1 N–H and O–H groups in total. The van der Waals surface area contributed by atoms with Gasteiger partial charge in [0.1, 0.15) is 0 Å². The minimum atomic E-state index is -0.119. The summed E-state index contributed by atoms with van der Waals surface area (Å²) in [7, 11) is 0. The van der Waals surface area contributed by atoms with Gasteiger partial charge in [0.15, 0.2) is 6.29 Å². The summed E-state index contributed by atoms with van der Waals surface area (Å²) in [5.41, 5.74) is 0. The van der Waals surface area contributed by atoms with Crippen molar-refractivity contribution < 1.29 is 14.3 Å². The molecule has 1 atom stereocenters. The Morgan fingerprint density at radius 1 is 1.43 bits per heavy atom. The number of hydrogen-bond donors (Lipinski definition) is 1. The third-order valence-electron chi connectivity index (χ3n) is 4.01. The number of carbonyl (C=O) groups is 1. The minimum Gasteiger partial charge on any atom is -0.350 e. The molecular weight excluding hydrogens is 288 g/mol. The highest BCUT2D eigenvalue weighted by Gasteiger charge is 2.32. The van der Waals surface area contributed by atoms with Crippen LogP contribution in [0.15, 0.2) is 17.5 Å². The van der Waals surface area contributed by atoms with Gasteiger partial charge in [-0.3, -0.25) is 0 Å². The highest BCUT2D eigenvalue weighted by Crippen LogP contribution is 2.24. The quantitative estimate of drug-likeness (QED) is 0.926. The fraction of sp³-hybridized carbons (Fsp3) is 0.667. The molecule has 0 radical (unpaired) electrons. The number of likely N-dealkylation sites (tertiary alicyclic amines) is 1. The highest BCUT2D eigenvalue weighted by atomic mass is 32.1. The topological polar surface area (TPSA) is 50.8 Å². The maximum atomic E-state index is 12.2. The lowest BCUT2D eigenvalue weighted by molar-refractivity contribution is -0.0963. The summed E-state index contributed by atoms with van der Waals surface area (Å²) in [6.07, 6.45) is 2.87. The normalized spacial score (nSPS) is 23.4. The second-order valence-electron chi connectivity index (χ2n) is 5.52. The van der Waals surface area contributed by atoms with Crippen LogP contribution in [0, 0.1) is 5.92 Å². The van der Waals surface area contributed by atoms with Crippen molar-refractivity contribution in [3.8, 4) is 0 Å². The number of piperidine rings is 1. The Labute approximate surface area is 129 Å². The smallest absolute Gasteiger partial charge is 0.317 e. The summed E-state index contributed by atoms with van der Waals surface area (Å²) < 4.78 is 11.1. The predicted octanol–water partition coefficient (Wildman–Crippen LogP) is 2.09. The molecular formula is C15H22N2O3S. The summed E-state index contributed by atoms with van der Waals surface area (Å²) in [5.74, 6) is 0.310. The number of urea groups is 1. The van der Waals surface area contributed by atoms with Gasteiger partial charge >= 0.3 is 6.03 Å². The Bertz CT molecular complexity index is 446. The zero-order valence-corrected chi connectivity index (χ0v) is 12.9. The van der Waals surface area contributed by atoms with E-state index >= 15 is 0 Å². The van der Waals surface area contributed by atoms with Crippen LogP contribution in [0.2, 0.25) is 0 Å². The molecule has 0 aliphatic carbocycles. The van der Waals surface area contributed by atoms with Crippen molar-refractivity contribution in [3.05, 3.63) is 22.4 Å². The molecule has 3 heterocycles. The van der Waals surface area contributed by atoms with E-state index in [-0.39, 0.29) is 12.3 Å². The zero-order valence-electron chi connectivity index (χ0n) is 12.1. The molecule has 1 aromatic rings. The molecule has 6 heteroatoms. The first kappa shape index (κ1) is 14.8. The van der Waals surface area contributed by atoms with E-state index in [1.807, 2.05) is 11.0 Å².